The maximum absolute atomic E-state index is 12.9. The topological polar surface area (TPSA) is 86.5 Å². The quantitative estimate of drug-likeness (QED) is 0.273. The van der Waals surface area contributed by atoms with Crippen LogP contribution in [0.5, 0.6) is 5.88 Å². The average molecular weight is 482 g/mol. The van der Waals surface area contributed by atoms with Crippen LogP contribution in [0.15, 0.2) is 75.0 Å². The molecule has 0 amide bonds. The number of benzene rings is 2. The molecule has 0 aliphatic carbocycles. The Hall–Kier alpha value is -2.33. The summed E-state index contributed by atoms with van der Waals surface area (Å²) in [7, 11) is -1.71. The zero-order valence-electron chi connectivity index (χ0n) is 13.5. The van der Waals surface area contributed by atoms with Gasteiger partial charge in [0.25, 0.3) is 0 Å². The molecule has 6 nitrogen and oxygen atoms in total. The zero-order chi connectivity index (χ0) is 18.5. The summed E-state index contributed by atoms with van der Waals surface area (Å²) in [6.45, 7) is 1.29. The molecule has 0 aliphatic heterocycles. The molecule has 0 radical (unpaired) electrons. The third-order valence-electron chi connectivity index (χ3n) is 3.27. The van der Waals surface area contributed by atoms with E-state index in [4.69, 9.17) is 7.59 Å². The van der Waals surface area contributed by atoms with Crippen molar-refractivity contribution in [1.29, 1.82) is 0 Å². The SMILES string of the molecule is CC(=O)c1onc(O[I-]C(=O)c2ccccc2)c1S(=O)c1ccccc1. The van der Waals surface area contributed by atoms with E-state index in [1.807, 2.05) is 6.07 Å². The van der Waals surface area contributed by atoms with E-state index in [0.717, 1.165) is 0 Å². The van der Waals surface area contributed by atoms with Gasteiger partial charge in [-0.15, -0.1) is 0 Å². The molecule has 0 spiro atoms. The third-order valence-corrected chi connectivity index (χ3v) is 6.36. The Bertz CT molecular complexity index is 956. The minimum atomic E-state index is -1.71. The second-order valence-corrected chi connectivity index (χ2v) is 8.36. The molecule has 1 heterocycles. The first kappa shape index (κ1) is 18.5. The van der Waals surface area contributed by atoms with Crippen LogP contribution in [0.2, 0.25) is 0 Å². The van der Waals surface area contributed by atoms with Crippen LogP contribution in [0.25, 0.3) is 0 Å². The molecule has 0 bridgehead atoms. The molecule has 8 heteroatoms. The van der Waals surface area contributed by atoms with Crippen molar-refractivity contribution < 1.29 is 43.0 Å². The van der Waals surface area contributed by atoms with E-state index < -0.39 is 38.2 Å². The number of carbonyl (C=O) groups excluding carboxylic acids is 2. The molecule has 134 valence electrons. The van der Waals surface area contributed by atoms with Crippen LogP contribution in [0, 0.1) is 0 Å². The van der Waals surface area contributed by atoms with Crippen molar-refractivity contribution in [2.45, 2.75) is 16.7 Å². The van der Waals surface area contributed by atoms with Crippen LogP contribution in [0.3, 0.4) is 0 Å². The van der Waals surface area contributed by atoms with Gasteiger partial charge in [0.2, 0.25) is 0 Å². The zero-order valence-corrected chi connectivity index (χ0v) is 16.5. The predicted molar refractivity (Wildman–Crippen MR) is 89.0 cm³/mol. The first-order valence-electron chi connectivity index (χ1n) is 7.46. The summed E-state index contributed by atoms with van der Waals surface area (Å²) in [4.78, 5) is 24.6. The number of ketones is 1. The van der Waals surface area contributed by atoms with Gasteiger partial charge in [0.05, 0.1) is 0 Å². The summed E-state index contributed by atoms with van der Waals surface area (Å²) in [5.41, 5.74) is 0.529. The van der Waals surface area contributed by atoms with Gasteiger partial charge < -0.3 is 0 Å². The van der Waals surface area contributed by atoms with E-state index in [2.05, 4.69) is 5.16 Å². The second kappa shape index (κ2) is 8.37. The van der Waals surface area contributed by atoms with Gasteiger partial charge in [0.1, 0.15) is 0 Å². The average Bonchev–Trinajstić information content (AvgIpc) is 3.11. The van der Waals surface area contributed by atoms with Crippen molar-refractivity contribution in [3.05, 3.63) is 72.0 Å². The fourth-order valence-corrected chi connectivity index (χ4v) is 4.75. The summed E-state index contributed by atoms with van der Waals surface area (Å²) in [5, 5.41) is 3.71. The molecule has 1 aromatic heterocycles. The molecule has 1 unspecified atom stereocenters. The van der Waals surface area contributed by atoms with Crippen LogP contribution in [-0.2, 0) is 10.8 Å². The summed E-state index contributed by atoms with van der Waals surface area (Å²) >= 11 is -1.42. The van der Waals surface area contributed by atoms with Crippen molar-refractivity contribution in [3.8, 4) is 5.88 Å². The standard InChI is InChI=1S/C18H13INO5S/c1-12(21)15-16(26(23)14-10-6-3-7-11-14)18(20-25-15)24-19-17(22)13-8-4-2-5-9-13/h2-11H,1H3/q-1. The summed E-state index contributed by atoms with van der Waals surface area (Å²) in [6, 6.07) is 17.3. The Balaban J connectivity index is 1.87. The number of rotatable bonds is 7. The molecule has 3 rings (SSSR count). The monoisotopic (exact) mass is 482 g/mol. The molecular weight excluding hydrogens is 469 g/mol. The fraction of sp³-hybridized carbons (Fsp3) is 0.0556. The van der Waals surface area contributed by atoms with Gasteiger partial charge in [0, 0.05) is 0 Å². The van der Waals surface area contributed by atoms with Crippen LogP contribution < -0.4 is 24.7 Å². The number of nitrogens with zero attached hydrogens (tertiary/aromatic N) is 1. The number of hydrogen-bond donors (Lipinski definition) is 0. The number of hydrogen-bond acceptors (Lipinski definition) is 6. The number of halogens is 1. The molecule has 1 atom stereocenters. The molecule has 0 saturated carbocycles. The summed E-state index contributed by atoms with van der Waals surface area (Å²) < 4.78 is 23.3. The number of Topliss-reactive ketones (excluding diaryl/α,β-unsaturated/α-hetero) is 1. The summed E-state index contributed by atoms with van der Waals surface area (Å²) in [5.74, 6) is -0.618. The summed E-state index contributed by atoms with van der Waals surface area (Å²) in [6.07, 6.45) is 0. The van der Waals surface area contributed by atoms with Crippen molar-refractivity contribution in [2.75, 3.05) is 0 Å². The van der Waals surface area contributed by atoms with Gasteiger partial charge in [0.15, 0.2) is 0 Å². The van der Waals surface area contributed by atoms with E-state index in [9.17, 15) is 13.8 Å². The normalized spacial score (nSPS) is 11.9. The van der Waals surface area contributed by atoms with Crippen molar-refractivity contribution >= 4 is 20.4 Å². The van der Waals surface area contributed by atoms with E-state index in [-0.39, 0.29) is 20.3 Å². The fourth-order valence-electron chi connectivity index (χ4n) is 2.05. The minimum absolute atomic E-state index is 0.0595. The van der Waals surface area contributed by atoms with E-state index >= 15 is 0 Å². The molecular formula is C18H13INO5S-. The molecule has 0 N–H and O–H groups in total. The van der Waals surface area contributed by atoms with Crippen LogP contribution >= 0.6 is 0 Å². The van der Waals surface area contributed by atoms with Gasteiger partial charge in [-0.3, -0.25) is 0 Å². The Labute approximate surface area is 162 Å². The Morgan fingerprint density at radius 2 is 1.65 bits per heavy atom. The van der Waals surface area contributed by atoms with Gasteiger partial charge in [-0.1, -0.05) is 0 Å². The van der Waals surface area contributed by atoms with E-state index in [1.165, 1.54) is 6.92 Å². The third kappa shape index (κ3) is 4.07. The first-order valence-corrected chi connectivity index (χ1v) is 10.6. The van der Waals surface area contributed by atoms with Crippen molar-refractivity contribution in [1.82, 2.24) is 5.16 Å². The molecule has 26 heavy (non-hydrogen) atoms. The van der Waals surface area contributed by atoms with Gasteiger partial charge >= 0.3 is 163 Å². The Morgan fingerprint density at radius 1 is 1.04 bits per heavy atom. The molecule has 0 fully saturated rings. The van der Waals surface area contributed by atoms with Crippen LogP contribution in [0.4, 0.5) is 0 Å². The number of aromatic nitrogens is 1. The van der Waals surface area contributed by atoms with Gasteiger partial charge in [-0.2, -0.15) is 0 Å². The first-order chi connectivity index (χ1) is 12.6. The van der Waals surface area contributed by atoms with Crippen molar-refractivity contribution in [2.24, 2.45) is 0 Å². The van der Waals surface area contributed by atoms with E-state index in [1.54, 1.807) is 54.6 Å². The molecule has 3 aromatic rings. The van der Waals surface area contributed by atoms with Crippen LogP contribution in [0.1, 0.15) is 27.8 Å². The second-order valence-electron chi connectivity index (χ2n) is 5.08. The van der Waals surface area contributed by atoms with Gasteiger partial charge in [-0.25, -0.2) is 0 Å². The Kier molecular flexibility index (Phi) is 5.94. The van der Waals surface area contributed by atoms with E-state index in [0.29, 0.717) is 10.5 Å². The van der Waals surface area contributed by atoms with Crippen molar-refractivity contribution in [3.63, 3.8) is 0 Å². The van der Waals surface area contributed by atoms with Crippen LogP contribution in [-0.4, -0.2) is 18.9 Å². The number of carbonyl (C=O) groups is 2. The maximum atomic E-state index is 12.9. The predicted octanol–water partition coefficient (Wildman–Crippen LogP) is 0.267. The molecule has 2 aromatic carbocycles. The van der Waals surface area contributed by atoms with Gasteiger partial charge in [-0.05, 0) is 0 Å². The molecule has 0 aliphatic rings. The molecule has 0 saturated heterocycles. The Morgan fingerprint density at radius 3 is 2.27 bits per heavy atom.